The number of H-pyrrole nitrogens is 1. The summed E-state index contributed by atoms with van der Waals surface area (Å²) in [5, 5.41) is 18.8. The molecule has 0 aliphatic heterocycles. The van der Waals surface area contributed by atoms with Crippen LogP contribution in [-0.2, 0) is 25.6 Å². The van der Waals surface area contributed by atoms with Crippen molar-refractivity contribution in [2.75, 3.05) is 6.54 Å². The summed E-state index contributed by atoms with van der Waals surface area (Å²) in [6.07, 6.45) is 4.45. The van der Waals surface area contributed by atoms with E-state index < -0.39 is 47.9 Å². The quantitative estimate of drug-likeness (QED) is 0.144. The molecule has 0 fully saturated rings. The highest BCUT2D eigenvalue weighted by Crippen LogP contribution is 2.20. The number of aromatic nitrogens is 1. The maximum Gasteiger partial charge on any atom is 0.326 e. The van der Waals surface area contributed by atoms with Crippen LogP contribution in [0.25, 0.3) is 10.9 Å². The first-order chi connectivity index (χ1) is 19.0. The summed E-state index contributed by atoms with van der Waals surface area (Å²) < 4.78 is 0. The Balaban J connectivity index is 2.33. The number of amides is 3. The number of carboxylic acids is 1. The van der Waals surface area contributed by atoms with Gasteiger partial charge in [0.1, 0.15) is 18.1 Å². The first kappa shape index (κ1) is 32.8. The summed E-state index contributed by atoms with van der Waals surface area (Å²) >= 11 is 0. The molecule has 2 rings (SSSR count). The zero-order valence-electron chi connectivity index (χ0n) is 24.0. The molecule has 5 unspecified atom stereocenters. The number of rotatable bonds is 17. The first-order valence-corrected chi connectivity index (χ1v) is 14.1. The number of fused-ring (bicyclic) bond motifs is 1. The number of carboxylic acid groups (broad SMARTS) is 1. The van der Waals surface area contributed by atoms with E-state index in [1.165, 1.54) is 0 Å². The van der Waals surface area contributed by atoms with Crippen molar-refractivity contribution >= 4 is 34.6 Å². The molecular formula is C29H46N6O5. The topological polar surface area (TPSA) is 192 Å². The van der Waals surface area contributed by atoms with Crippen molar-refractivity contribution in [3.63, 3.8) is 0 Å². The Morgan fingerprint density at radius 3 is 2.23 bits per heavy atom. The molecule has 0 spiro atoms. The lowest BCUT2D eigenvalue weighted by molar-refractivity contribution is -0.143. The van der Waals surface area contributed by atoms with Crippen LogP contribution >= 0.6 is 0 Å². The van der Waals surface area contributed by atoms with E-state index in [0.29, 0.717) is 38.6 Å². The molecule has 1 heterocycles. The highest BCUT2D eigenvalue weighted by Gasteiger charge is 2.32. The normalized spacial score (nSPS) is 15.2. The second-order valence-electron chi connectivity index (χ2n) is 10.9. The molecule has 0 saturated carbocycles. The number of benzene rings is 1. The molecule has 0 aliphatic rings. The van der Waals surface area contributed by atoms with Crippen LogP contribution in [0.2, 0.25) is 0 Å². The van der Waals surface area contributed by atoms with Crippen LogP contribution in [0.15, 0.2) is 30.5 Å². The van der Waals surface area contributed by atoms with Gasteiger partial charge in [-0.2, -0.15) is 0 Å². The Kier molecular flexibility index (Phi) is 13.1. The summed E-state index contributed by atoms with van der Waals surface area (Å²) in [5.74, 6) is -2.88. The minimum Gasteiger partial charge on any atom is -0.480 e. The maximum atomic E-state index is 13.5. The lowest BCUT2D eigenvalue weighted by atomic mass is 9.97. The van der Waals surface area contributed by atoms with E-state index in [9.17, 15) is 24.3 Å². The van der Waals surface area contributed by atoms with Crippen molar-refractivity contribution in [2.45, 2.75) is 90.4 Å². The molecule has 222 valence electrons. The molecule has 0 bridgehead atoms. The Hall–Kier alpha value is -3.44. The highest BCUT2D eigenvalue weighted by molar-refractivity contribution is 5.95. The van der Waals surface area contributed by atoms with Crippen molar-refractivity contribution < 1.29 is 24.3 Å². The van der Waals surface area contributed by atoms with Gasteiger partial charge in [-0.3, -0.25) is 14.4 Å². The van der Waals surface area contributed by atoms with E-state index in [-0.39, 0.29) is 18.3 Å². The lowest BCUT2D eigenvalue weighted by Gasteiger charge is -2.27. The summed E-state index contributed by atoms with van der Waals surface area (Å²) in [6, 6.07) is 3.66. The fraction of sp³-hybridized carbons (Fsp3) is 0.586. The number of hydrogen-bond donors (Lipinski definition) is 7. The lowest BCUT2D eigenvalue weighted by Crippen LogP contribution is -2.58. The third-order valence-corrected chi connectivity index (χ3v) is 7.15. The number of aromatic amines is 1. The SMILES string of the molecule is CCC(C)C(NC(=O)C(Cc1c[nH]c2ccccc12)NC(=O)C(CCCCN)NC(=O)C(N)CC(C)C)C(=O)O. The molecular weight excluding hydrogens is 512 g/mol. The minimum atomic E-state index is -1.15. The van der Waals surface area contributed by atoms with Gasteiger partial charge in [0, 0.05) is 23.5 Å². The third-order valence-electron chi connectivity index (χ3n) is 7.15. The molecule has 5 atom stereocenters. The zero-order chi connectivity index (χ0) is 29.8. The van der Waals surface area contributed by atoms with Crippen molar-refractivity contribution in [2.24, 2.45) is 23.3 Å². The van der Waals surface area contributed by atoms with E-state index in [1.54, 1.807) is 13.1 Å². The molecule has 40 heavy (non-hydrogen) atoms. The van der Waals surface area contributed by atoms with Gasteiger partial charge < -0.3 is 37.5 Å². The van der Waals surface area contributed by atoms with Crippen molar-refractivity contribution in [1.82, 2.24) is 20.9 Å². The number of aliphatic carboxylic acids is 1. The van der Waals surface area contributed by atoms with Gasteiger partial charge in [0.15, 0.2) is 0 Å². The minimum absolute atomic E-state index is 0.116. The smallest absolute Gasteiger partial charge is 0.326 e. The standard InChI is InChI=1S/C29H46N6O5/c1-5-18(4)25(29(39)40)35-28(38)24(15-19-16-32-22-11-7-6-10-20(19)22)34-27(37)23(12-8-9-13-30)33-26(36)21(31)14-17(2)3/h6-7,10-11,16-18,21,23-25,32H,5,8-9,12-15,30-31H2,1-4H3,(H,33,36)(H,34,37)(H,35,38)(H,39,40). The predicted octanol–water partition coefficient (Wildman–Crippen LogP) is 1.80. The Morgan fingerprint density at radius 2 is 1.60 bits per heavy atom. The monoisotopic (exact) mass is 558 g/mol. The van der Waals surface area contributed by atoms with E-state index >= 15 is 0 Å². The van der Waals surface area contributed by atoms with Crippen LogP contribution in [0.1, 0.15) is 65.4 Å². The maximum absolute atomic E-state index is 13.5. The molecule has 11 nitrogen and oxygen atoms in total. The molecule has 11 heteroatoms. The molecule has 0 aliphatic carbocycles. The van der Waals surface area contributed by atoms with Crippen molar-refractivity contribution in [3.8, 4) is 0 Å². The van der Waals surface area contributed by atoms with E-state index in [0.717, 1.165) is 16.5 Å². The molecule has 1 aromatic carbocycles. The number of carbonyl (C=O) groups is 4. The fourth-order valence-electron chi connectivity index (χ4n) is 4.59. The van der Waals surface area contributed by atoms with Gasteiger partial charge in [0.05, 0.1) is 6.04 Å². The Bertz CT molecular complexity index is 1130. The number of nitrogens with two attached hydrogens (primary N) is 2. The second-order valence-corrected chi connectivity index (χ2v) is 10.9. The third kappa shape index (κ3) is 9.63. The highest BCUT2D eigenvalue weighted by atomic mass is 16.4. The molecule has 2 aromatic rings. The molecule has 9 N–H and O–H groups in total. The van der Waals surface area contributed by atoms with Gasteiger partial charge in [0.25, 0.3) is 0 Å². The van der Waals surface area contributed by atoms with Gasteiger partial charge >= 0.3 is 5.97 Å². The van der Waals surface area contributed by atoms with Gasteiger partial charge in [-0.15, -0.1) is 0 Å². The average Bonchev–Trinajstić information content (AvgIpc) is 3.32. The van der Waals surface area contributed by atoms with Crippen LogP contribution in [0.5, 0.6) is 0 Å². The Morgan fingerprint density at radius 1 is 0.950 bits per heavy atom. The van der Waals surface area contributed by atoms with E-state index in [2.05, 4.69) is 20.9 Å². The van der Waals surface area contributed by atoms with Crippen LogP contribution in [0.3, 0.4) is 0 Å². The number of nitrogens with one attached hydrogen (secondary N) is 4. The van der Waals surface area contributed by atoms with Crippen molar-refractivity contribution in [3.05, 3.63) is 36.0 Å². The number of para-hydroxylation sites is 1. The molecule has 0 saturated heterocycles. The largest absolute Gasteiger partial charge is 0.480 e. The van der Waals surface area contributed by atoms with Gasteiger partial charge in [-0.25, -0.2) is 4.79 Å². The van der Waals surface area contributed by atoms with Gasteiger partial charge in [-0.05, 0) is 55.7 Å². The molecule has 1 aromatic heterocycles. The van der Waals surface area contributed by atoms with Crippen LogP contribution in [0, 0.1) is 11.8 Å². The van der Waals surface area contributed by atoms with Crippen LogP contribution < -0.4 is 27.4 Å². The summed E-state index contributed by atoms with van der Waals surface area (Å²) in [5.41, 5.74) is 13.3. The van der Waals surface area contributed by atoms with Gasteiger partial charge in [0.2, 0.25) is 17.7 Å². The number of carbonyl (C=O) groups excluding carboxylic acids is 3. The number of unbranched alkanes of at least 4 members (excludes halogenated alkanes) is 1. The Labute approximate surface area is 236 Å². The molecule has 3 amide bonds. The summed E-state index contributed by atoms with van der Waals surface area (Å²) in [7, 11) is 0. The van der Waals surface area contributed by atoms with Crippen LogP contribution in [-0.4, -0.2) is 64.5 Å². The first-order valence-electron chi connectivity index (χ1n) is 14.1. The average molecular weight is 559 g/mol. The van der Waals surface area contributed by atoms with Gasteiger partial charge in [-0.1, -0.05) is 52.3 Å². The summed E-state index contributed by atoms with van der Waals surface area (Å²) in [6.45, 7) is 7.94. The summed E-state index contributed by atoms with van der Waals surface area (Å²) in [4.78, 5) is 54.9. The van der Waals surface area contributed by atoms with E-state index in [4.69, 9.17) is 11.5 Å². The zero-order valence-corrected chi connectivity index (χ0v) is 24.0. The predicted molar refractivity (Wildman–Crippen MR) is 155 cm³/mol. The van der Waals surface area contributed by atoms with Crippen molar-refractivity contribution in [1.29, 1.82) is 0 Å². The molecule has 0 radical (unpaired) electrons. The number of hydrogen-bond acceptors (Lipinski definition) is 6. The van der Waals surface area contributed by atoms with E-state index in [1.807, 2.05) is 45.0 Å². The second kappa shape index (κ2) is 16.0. The van der Waals surface area contributed by atoms with Crippen LogP contribution in [0.4, 0.5) is 0 Å². The fourth-order valence-corrected chi connectivity index (χ4v) is 4.59.